The molecule has 0 spiro atoms. The molecule has 0 bridgehead atoms. The Morgan fingerprint density at radius 1 is 1.43 bits per heavy atom. The average Bonchev–Trinajstić information content (AvgIpc) is 2.45. The molecule has 0 aromatic rings. The molecule has 4 heteroatoms. The van der Waals surface area contributed by atoms with Gasteiger partial charge in [0.2, 0.25) is 0 Å². The van der Waals surface area contributed by atoms with Gasteiger partial charge < -0.3 is 9.47 Å². The van der Waals surface area contributed by atoms with Gasteiger partial charge in [0.05, 0.1) is 19.3 Å². The van der Waals surface area contributed by atoms with E-state index in [2.05, 4.69) is 24.3 Å². The third-order valence-electron chi connectivity index (χ3n) is 3.33. The van der Waals surface area contributed by atoms with Crippen molar-refractivity contribution < 1.29 is 14.3 Å². The number of allylic oxidation sites excluding steroid dienone is 5. The lowest BCUT2D eigenvalue weighted by Crippen LogP contribution is -2.49. The van der Waals surface area contributed by atoms with Crippen LogP contribution in [0, 0.1) is 0 Å². The van der Waals surface area contributed by atoms with Crippen LogP contribution in [-0.2, 0) is 9.47 Å². The summed E-state index contributed by atoms with van der Waals surface area (Å²) in [5.41, 5.74) is 0.717. The molecule has 0 aromatic carbocycles. The molecule has 1 atom stereocenters. The SMILES string of the molecule is CC(C)(C)OC(=O)N1CCOCC1/C=C/C1=CCCC=C1. The molecule has 1 heterocycles. The smallest absolute Gasteiger partial charge is 0.410 e. The number of hydrogen-bond acceptors (Lipinski definition) is 3. The van der Waals surface area contributed by atoms with Crippen molar-refractivity contribution in [3.05, 3.63) is 36.0 Å². The van der Waals surface area contributed by atoms with E-state index in [0.717, 1.165) is 12.8 Å². The highest BCUT2D eigenvalue weighted by Crippen LogP contribution is 2.17. The molecule has 1 amide bonds. The zero-order valence-electron chi connectivity index (χ0n) is 13.2. The summed E-state index contributed by atoms with van der Waals surface area (Å²) in [4.78, 5) is 14.0. The lowest BCUT2D eigenvalue weighted by atomic mass is 10.1. The molecule has 0 saturated carbocycles. The molecule has 1 saturated heterocycles. The minimum Gasteiger partial charge on any atom is -0.444 e. The number of amides is 1. The van der Waals surface area contributed by atoms with Crippen LogP contribution in [0.2, 0.25) is 0 Å². The van der Waals surface area contributed by atoms with Crippen molar-refractivity contribution in [1.29, 1.82) is 0 Å². The second-order valence-electron chi connectivity index (χ2n) is 6.36. The van der Waals surface area contributed by atoms with Crippen LogP contribution in [0.1, 0.15) is 33.6 Å². The standard InChI is InChI=1S/C17H25NO3/c1-17(2,3)21-16(19)18-11-12-20-13-15(18)10-9-14-7-5-4-6-8-14/h5,7-10,15H,4,6,11-13H2,1-3H3/b10-9+. The first-order valence-corrected chi connectivity index (χ1v) is 7.58. The van der Waals surface area contributed by atoms with Gasteiger partial charge in [-0.15, -0.1) is 0 Å². The van der Waals surface area contributed by atoms with Crippen LogP contribution in [0.4, 0.5) is 4.79 Å². The Bertz CT molecular complexity index is 457. The summed E-state index contributed by atoms with van der Waals surface area (Å²) in [6.07, 6.45) is 12.5. The molecule has 0 aromatic heterocycles. The van der Waals surface area contributed by atoms with Crippen molar-refractivity contribution >= 4 is 6.09 Å². The minimum atomic E-state index is -0.474. The number of morpholine rings is 1. The van der Waals surface area contributed by atoms with Gasteiger partial charge in [-0.05, 0) is 39.2 Å². The number of ether oxygens (including phenoxy) is 2. The van der Waals surface area contributed by atoms with Crippen molar-refractivity contribution in [1.82, 2.24) is 4.90 Å². The van der Waals surface area contributed by atoms with Crippen molar-refractivity contribution in [3.8, 4) is 0 Å². The van der Waals surface area contributed by atoms with Crippen molar-refractivity contribution in [2.45, 2.75) is 45.3 Å². The quantitative estimate of drug-likeness (QED) is 0.782. The van der Waals surface area contributed by atoms with Crippen LogP contribution >= 0.6 is 0 Å². The number of nitrogens with zero attached hydrogens (tertiary/aromatic N) is 1. The van der Waals surface area contributed by atoms with Crippen molar-refractivity contribution in [2.75, 3.05) is 19.8 Å². The summed E-state index contributed by atoms with van der Waals surface area (Å²) in [5.74, 6) is 0. The molecule has 0 radical (unpaired) electrons. The molecule has 4 nitrogen and oxygen atoms in total. The van der Waals surface area contributed by atoms with Crippen molar-refractivity contribution in [3.63, 3.8) is 0 Å². The fourth-order valence-corrected chi connectivity index (χ4v) is 2.31. The fraction of sp³-hybridized carbons (Fsp3) is 0.588. The van der Waals surface area contributed by atoms with Gasteiger partial charge in [-0.1, -0.05) is 30.4 Å². The first kappa shape index (κ1) is 15.8. The molecule has 116 valence electrons. The van der Waals surface area contributed by atoms with Crippen LogP contribution in [0.25, 0.3) is 0 Å². The Labute approximate surface area is 127 Å². The maximum absolute atomic E-state index is 12.3. The average molecular weight is 291 g/mol. The van der Waals surface area contributed by atoms with Crippen LogP contribution in [0.3, 0.4) is 0 Å². The van der Waals surface area contributed by atoms with E-state index < -0.39 is 5.60 Å². The number of rotatable bonds is 2. The van der Waals surface area contributed by atoms with E-state index in [-0.39, 0.29) is 12.1 Å². The molecular formula is C17H25NO3. The molecule has 1 unspecified atom stereocenters. The van der Waals surface area contributed by atoms with Gasteiger partial charge in [0.1, 0.15) is 5.60 Å². The number of carbonyl (C=O) groups excluding carboxylic acids is 1. The first-order valence-electron chi connectivity index (χ1n) is 7.58. The Morgan fingerprint density at radius 3 is 2.90 bits per heavy atom. The predicted molar refractivity (Wildman–Crippen MR) is 83.1 cm³/mol. The Balaban J connectivity index is 2.01. The molecular weight excluding hydrogens is 266 g/mol. The second kappa shape index (κ2) is 6.94. The lowest BCUT2D eigenvalue weighted by Gasteiger charge is -2.35. The van der Waals surface area contributed by atoms with Gasteiger partial charge in [-0.25, -0.2) is 4.79 Å². The van der Waals surface area contributed by atoms with Gasteiger partial charge in [0, 0.05) is 6.54 Å². The maximum Gasteiger partial charge on any atom is 0.410 e. The summed E-state index contributed by atoms with van der Waals surface area (Å²) < 4.78 is 11.0. The van der Waals surface area contributed by atoms with E-state index in [9.17, 15) is 4.79 Å². The summed E-state index contributed by atoms with van der Waals surface area (Å²) in [6, 6.07) is -0.0650. The summed E-state index contributed by atoms with van der Waals surface area (Å²) in [6.45, 7) is 7.30. The van der Waals surface area contributed by atoms with Crippen LogP contribution in [0.5, 0.6) is 0 Å². The van der Waals surface area contributed by atoms with Gasteiger partial charge in [-0.3, -0.25) is 4.90 Å². The van der Waals surface area contributed by atoms with Crippen LogP contribution in [0.15, 0.2) is 36.0 Å². The minimum absolute atomic E-state index is 0.0650. The maximum atomic E-state index is 12.3. The largest absolute Gasteiger partial charge is 0.444 e. The van der Waals surface area contributed by atoms with E-state index in [1.54, 1.807) is 4.90 Å². The Kier molecular flexibility index (Phi) is 5.23. The summed E-state index contributed by atoms with van der Waals surface area (Å²) in [7, 11) is 0. The Morgan fingerprint density at radius 2 is 2.24 bits per heavy atom. The van der Waals surface area contributed by atoms with Crippen LogP contribution < -0.4 is 0 Å². The third-order valence-corrected chi connectivity index (χ3v) is 3.33. The number of carbonyl (C=O) groups is 1. The third kappa shape index (κ3) is 5.05. The number of hydrogen-bond donors (Lipinski definition) is 0. The van der Waals surface area contributed by atoms with Gasteiger partial charge in [-0.2, -0.15) is 0 Å². The van der Waals surface area contributed by atoms with Crippen LogP contribution in [-0.4, -0.2) is 42.4 Å². The van der Waals surface area contributed by atoms with E-state index in [0.29, 0.717) is 19.8 Å². The Hall–Kier alpha value is -1.55. The normalized spacial score (nSPS) is 23.3. The zero-order valence-corrected chi connectivity index (χ0v) is 13.2. The van der Waals surface area contributed by atoms with E-state index in [4.69, 9.17) is 9.47 Å². The van der Waals surface area contributed by atoms with E-state index in [1.807, 2.05) is 26.8 Å². The molecule has 1 aliphatic carbocycles. The molecule has 1 aliphatic heterocycles. The first-order chi connectivity index (χ1) is 9.96. The second-order valence-corrected chi connectivity index (χ2v) is 6.36. The summed E-state index contributed by atoms with van der Waals surface area (Å²) in [5, 5.41) is 0. The summed E-state index contributed by atoms with van der Waals surface area (Å²) >= 11 is 0. The predicted octanol–water partition coefficient (Wildman–Crippen LogP) is 3.45. The van der Waals surface area contributed by atoms with E-state index >= 15 is 0 Å². The molecule has 1 fully saturated rings. The van der Waals surface area contributed by atoms with Gasteiger partial charge in [0.25, 0.3) is 0 Å². The molecule has 21 heavy (non-hydrogen) atoms. The molecule has 2 aliphatic rings. The topological polar surface area (TPSA) is 38.8 Å². The highest BCUT2D eigenvalue weighted by atomic mass is 16.6. The van der Waals surface area contributed by atoms with E-state index in [1.165, 1.54) is 5.57 Å². The lowest BCUT2D eigenvalue weighted by molar-refractivity contribution is -0.0217. The highest BCUT2D eigenvalue weighted by Gasteiger charge is 2.29. The molecule has 0 N–H and O–H groups in total. The highest BCUT2D eigenvalue weighted by molar-refractivity contribution is 5.69. The fourth-order valence-electron chi connectivity index (χ4n) is 2.31. The molecule has 2 rings (SSSR count). The monoisotopic (exact) mass is 291 g/mol. The van der Waals surface area contributed by atoms with Gasteiger partial charge >= 0.3 is 6.09 Å². The van der Waals surface area contributed by atoms with Gasteiger partial charge in [0.15, 0.2) is 0 Å². The zero-order chi connectivity index (χ0) is 15.3. The van der Waals surface area contributed by atoms with Crippen molar-refractivity contribution in [2.24, 2.45) is 0 Å².